The van der Waals surface area contributed by atoms with Crippen LogP contribution in [0, 0.1) is 0 Å². The number of para-hydroxylation sites is 2. The number of aromatic amines is 1. The number of nitrogens with zero attached hydrogens (tertiary/aromatic N) is 3. The summed E-state index contributed by atoms with van der Waals surface area (Å²) in [5, 5.41) is 0. The summed E-state index contributed by atoms with van der Waals surface area (Å²) in [7, 11) is 0. The second kappa shape index (κ2) is 3.58. The summed E-state index contributed by atoms with van der Waals surface area (Å²) in [5.74, 6) is 0.745. The van der Waals surface area contributed by atoms with E-state index < -0.39 is 0 Å². The molecule has 0 fully saturated rings. The van der Waals surface area contributed by atoms with Crippen molar-refractivity contribution in [1.82, 2.24) is 19.5 Å². The Labute approximate surface area is 108 Å². The lowest BCUT2D eigenvalue weighted by Crippen LogP contribution is -1.93. The molecule has 0 saturated heterocycles. The second-order valence-corrected chi connectivity index (χ2v) is 4.44. The van der Waals surface area contributed by atoms with Crippen molar-refractivity contribution in [2.24, 2.45) is 0 Å². The minimum atomic E-state index is 0.721. The van der Waals surface area contributed by atoms with Crippen molar-refractivity contribution in [2.75, 3.05) is 5.73 Å². The van der Waals surface area contributed by atoms with E-state index in [-0.39, 0.29) is 0 Å². The van der Waals surface area contributed by atoms with Crippen LogP contribution in [0.4, 0.5) is 5.69 Å². The van der Waals surface area contributed by atoms with E-state index in [1.165, 1.54) is 0 Å². The van der Waals surface area contributed by atoms with E-state index in [1.54, 1.807) is 6.33 Å². The molecule has 0 bridgehead atoms. The highest BCUT2D eigenvalue weighted by atomic mass is 15.2. The van der Waals surface area contributed by atoms with Crippen molar-refractivity contribution in [3.63, 3.8) is 0 Å². The molecule has 0 aliphatic rings. The molecular formula is C14H11N5. The van der Waals surface area contributed by atoms with Gasteiger partial charge in [0.25, 0.3) is 0 Å². The maximum atomic E-state index is 5.78. The van der Waals surface area contributed by atoms with Gasteiger partial charge in [0, 0.05) is 5.69 Å². The minimum Gasteiger partial charge on any atom is -0.399 e. The van der Waals surface area contributed by atoms with Gasteiger partial charge in [-0.2, -0.15) is 0 Å². The topological polar surface area (TPSA) is 72.5 Å². The third-order valence-corrected chi connectivity index (χ3v) is 3.18. The van der Waals surface area contributed by atoms with Crippen LogP contribution in [0.2, 0.25) is 0 Å². The largest absolute Gasteiger partial charge is 0.399 e. The summed E-state index contributed by atoms with van der Waals surface area (Å²) in [6.07, 6.45) is 1.77. The Balaban J connectivity index is 1.99. The molecule has 2 aromatic heterocycles. The number of nitrogens with one attached hydrogen (secondary N) is 1. The molecule has 19 heavy (non-hydrogen) atoms. The number of benzene rings is 2. The van der Waals surface area contributed by atoms with Crippen LogP contribution in [0.3, 0.4) is 0 Å². The highest BCUT2D eigenvalue weighted by Crippen LogP contribution is 2.20. The first kappa shape index (κ1) is 10.1. The van der Waals surface area contributed by atoms with Crippen molar-refractivity contribution in [3.8, 4) is 5.95 Å². The van der Waals surface area contributed by atoms with Crippen LogP contribution in [0.25, 0.3) is 28.0 Å². The van der Waals surface area contributed by atoms with Crippen LogP contribution >= 0.6 is 0 Å². The molecule has 5 heteroatoms. The Morgan fingerprint density at radius 2 is 1.95 bits per heavy atom. The molecule has 2 heterocycles. The summed E-state index contributed by atoms with van der Waals surface area (Å²) in [6.45, 7) is 0. The zero-order valence-electron chi connectivity index (χ0n) is 10.0. The first-order valence-electron chi connectivity index (χ1n) is 5.99. The predicted octanol–water partition coefficient (Wildman–Crippen LogP) is 2.48. The van der Waals surface area contributed by atoms with Gasteiger partial charge in [0.2, 0.25) is 5.95 Å². The molecule has 5 nitrogen and oxygen atoms in total. The molecule has 0 aliphatic heterocycles. The number of nitrogens with two attached hydrogens (primary N) is 1. The fourth-order valence-corrected chi connectivity index (χ4v) is 2.26. The summed E-state index contributed by atoms with van der Waals surface area (Å²) in [5.41, 5.74) is 10.3. The smallest absolute Gasteiger partial charge is 0.213 e. The molecule has 3 N–H and O–H groups in total. The van der Waals surface area contributed by atoms with Gasteiger partial charge in [-0.25, -0.2) is 9.97 Å². The summed E-state index contributed by atoms with van der Waals surface area (Å²) >= 11 is 0. The number of nitrogen functional groups attached to an aromatic ring is 1. The SMILES string of the molecule is Nc1ccc2nc(-n3cnc4ccccc43)[nH]c2c1. The number of fused-ring (bicyclic) bond motifs is 2. The fourth-order valence-electron chi connectivity index (χ4n) is 2.26. The molecule has 0 spiro atoms. The van der Waals surface area contributed by atoms with Crippen molar-refractivity contribution in [1.29, 1.82) is 0 Å². The number of imidazole rings is 2. The number of aromatic nitrogens is 4. The van der Waals surface area contributed by atoms with E-state index in [1.807, 2.05) is 47.0 Å². The first-order valence-corrected chi connectivity index (χ1v) is 5.99. The van der Waals surface area contributed by atoms with Gasteiger partial charge >= 0.3 is 0 Å². The molecule has 0 radical (unpaired) electrons. The standard InChI is InChI=1S/C14H11N5/c15-9-5-6-10-12(7-9)18-14(17-10)19-8-16-11-3-1-2-4-13(11)19/h1-8H,15H2,(H,17,18). The zero-order valence-corrected chi connectivity index (χ0v) is 10.0. The Morgan fingerprint density at radius 3 is 2.89 bits per heavy atom. The monoisotopic (exact) mass is 249 g/mol. The van der Waals surface area contributed by atoms with Crippen LogP contribution < -0.4 is 5.73 Å². The van der Waals surface area contributed by atoms with Crippen molar-refractivity contribution in [3.05, 3.63) is 48.8 Å². The Morgan fingerprint density at radius 1 is 1.05 bits per heavy atom. The normalized spacial score (nSPS) is 11.4. The van der Waals surface area contributed by atoms with Crippen LogP contribution in [0.15, 0.2) is 48.8 Å². The molecular weight excluding hydrogens is 238 g/mol. The van der Waals surface area contributed by atoms with Gasteiger partial charge in [-0.05, 0) is 30.3 Å². The van der Waals surface area contributed by atoms with Crippen molar-refractivity contribution in [2.45, 2.75) is 0 Å². The molecule has 0 aliphatic carbocycles. The predicted molar refractivity (Wildman–Crippen MR) is 75.1 cm³/mol. The van der Waals surface area contributed by atoms with E-state index in [2.05, 4.69) is 15.0 Å². The van der Waals surface area contributed by atoms with Gasteiger partial charge in [-0.15, -0.1) is 0 Å². The van der Waals surface area contributed by atoms with Gasteiger partial charge in [0.1, 0.15) is 6.33 Å². The van der Waals surface area contributed by atoms with Gasteiger partial charge in [0.15, 0.2) is 0 Å². The molecule has 2 aromatic carbocycles. The van der Waals surface area contributed by atoms with E-state index in [0.717, 1.165) is 33.7 Å². The third-order valence-electron chi connectivity index (χ3n) is 3.18. The number of hydrogen-bond donors (Lipinski definition) is 2. The molecule has 0 saturated carbocycles. The average molecular weight is 249 g/mol. The first-order chi connectivity index (χ1) is 9.31. The van der Waals surface area contributed by atoms with E-state index in [0.29, 0.717) is 0 Å². The molecule has 0 atom stereocenters. The van der Waals surface area contributed by atoms with Crippen molar-refractivity contribution < 1.29 is 0 Å². The third kappa shape index (κ3) is 1.48. The zero-order chi connectivity index (χ0) is 12.8. The highest BCUT2D eigenvalue weighted by Gasteiger charge is 2.08. The number of rotatable bonds is 1. The van der Waals surface area contributed by atoms with Gasteiger partial charge in [-0.1, -0.05) is 12.1 Å². The average Bonchev–Trinajstić information content (AvgIpc) is 3.00. The molecule has 0 unspecified atom stereocenters. The van der Waals surface area contributed by atoms with Crippen LogP contribution in [0.1, 0.15) is 0 Å². The fraction of sp³-hybridized carbons (Fsp3) is 0. The molecule has 4 rings (SSSR count). The van der Waals surface area contributed by atoms with Crippen LogP contribution in [0.5, 0.6) is 0 Å². The number of hydrogen-bond acceptors (Lipinski definition) is 3. The summed E-state index contributed by atoms with van der Waals surface area (Å²) < 4.78 is 1.94. The van der Waals surface area contributed by atoms with Crippen LogP contribution in [-0.4, -0.2) is 19.5 Å². The molecule has 0 amide bonds. The quantitative estimate of drug-likeness (QED) is 0.509. The van der Waals surface area contributed by atoms with E-state index in [4.69, 9.17) is 5.73 Å². The lowest BCUT2D eigenvalue weighted by Gasteiger charge is -1.97. The maximum absolute atomic E-state index is 5.78. The Bertz CT molecular complexity index is 887. The summed E-state index contributed by atoms with van der Waals surface area (Å²) in [6, 6.07) is 13.6. The molecule has 92 valence electrons. The number of H-pyrrole nitrogens is 1. The lowest BCUT2D eigenvalue weighted by atomic mass is 10.3. The van der Waals surface area contributed by atoms with E-state index in [9.17, 15) is 0 Å². The minimum absolute atomic E-state index is 0.721. The Hall–Kier alpha value is -2.82. The maximum Gasteiger partial charge on any atom is 0.213 e. The van der Waals surface area contributed by atoms with Gasteiger partial charge in [0.05, 0.1) is 22.1 Å². The highest BCUT2D eigenvalue weighted by molar-refractivity contribution is 5.81. The van der Waals surface area contributed by atoms with Gasteiger partial charge < -0.3 is 10.7 Å². The van der Waals surface area contributed by atoms with E-state index >= 15 is 0 Å². The van der Waals surface area contributed by atoms with Crippen molar-refractivity contribution >= 4 is 27.8 Å². The molecule has 4 aromatic rings. The Kier molecular flexibility index (Phi) is 1.91. The summed E-state index contributed by atoms with van der Waals surface area (Å²) in [4.78, 5) is 12.2. The number of anilines is 1. The lowest BCUT2D eigenvalue weighted by molar-refractivity contribution is 0.996. The van der Waals surface area contributed by atoms with Crippen LogP contribution in [-0.2, 0) is 0 Å². The second-order valence-electron chi connectivity index (χ2n) is 4.44. The van der Waals surface area contributed by atoms with Gasteiger partial charge in [-0.3, -0.25) is 4.57 Å².